The largest absolute Gasteiger partial charge is 0.452 e. The fourth-order valence-corrected chi connectivity index (χ4v) is 6.02. The van der Waals surface area contributed by atoms with E-state index in [2.05, 4.69) is 24.9 Å². The summed E-state index contributed by atoms with van der Waals surface area (Å²) in [7, 11) is 0. The lowest BCUT2D eigenvalue weighted by Crippen LogP contribution is -2.49. The number of thiazole rings is 1. The lowest BCUT2D eigenvalue weighted by molar-refractivity contribution is -0.140. The molecule has 0 radical (unpaired) electrons. The summed E-state index contributed by atoms with van der Waals surface area (Å²) in [4.78, 5) is 31.4. The molecule has 0 bridgehead atoms. The van der Waals surface area contributed by atoms with E-state index in [0.717, 1.165) is 40.4 Å². The first-order chi connectivity index (χ1) is 15.0. The van der Waals surface area contributed by atoms with Crippen LogP contribution in [0.25, 0.3) is 10.2 Å². The minimum Gasteiger partial charge on any atom is -0.452 e. The van der Waals surface area contributed by atoms with Crippen LogP contribution in [0.5, 0.6) is 0 Å². The predicted molar refractivity (Wildman–Crippen MR) is 126 cm³/mol. The van der Waals surface area contributed by atoms with Crippen molar-refractivity contribution in [3.8, 4) is 0 Å². The summed E-state index contributed by atoms with van der Waals surface area (Å²) in [6, 6.07) is 15.9. The molecule has 5 nitrogen and oxygen atoms in total. The monoisotopic (exact) mass is 454 g/mol. The normalized spacial score (nSPS) is 18.8. The number of piperidine rings is 1. The van der Waals surface area contributed by atoms with Gasteiger partial charge in [0.1, 0.15) is 0 Å². The van der Waals surface area contributed by atoms with Crippen molar-refractivity contribution < 1.29 is 14.3 Å². The highest BCUT2D eigenvalue weighted by atomic mass is 32.2. The Labute approximate surface area is 190 Å². The second kappa shape index (κ2) is 9.83. The number of para-hydroxylation sites is 1. The molecule has 2 aromatic carbocycles. The van der Waals surface area contributed by atoms with Crippen LogP contribution in [0, 0.1) is 0 Å². The van der Waals surface area contributed by atoms with Gasteiger partial charge in [-0.15, -0.1) is 11.3 Å². The zero-order chi connectivity index (χ0) is 21.8. The number of hydrogen-bond donors (Lipinski definition) is 0. The summed E-state index contributed by atoms with van der Waals surface area (Å²) in [6.07, 6.45) is 3.14. The summed E-state index contributed by atoms with van der Waals surface area (Å²) in [6.45, 7) is 3.91. The van der Waals surface area contributed by atoms with Gasteiger partial charge in [0.15, 0.2) is 10.9 Å². The lowest BCUT2D eigenvalue weighted by Gasteiger charge is -2.38. The molecule has 0 aliphatic carbocycles. The van der Waals surface area contributed by atoms with Crippen LogP contribution in [0.4, 0.5) is 0 Å². The Hall–Kier alpha value is -2.38. The Morgan fingerprint density at radius 1 is 1.10 bits per heavy atom. The molecular formula is C24H26N2O3S2. The maximum atomic E-state index is 12.5. The van der Waals surface area contributed by atoms with Crippen molar-refractivity contribution in [1.29, 1.82) is 0 Å². The van der Waals surface area contributed by atoms with Gasteiger partial charge in [0.25, 0.3) is 5.91 Å². The third-order valence-corrected chi connectivity index (χ3v) is 7.88. The number of nitrogens with zero attached hydrogens (tertiary/aromatic N) is 2. The number of amides is 1. The highest BCUT2D eigenvalue weighted by Crippen LogP contribution is 2.31. The molecule has 0 spiro atoms. The Kier molecular flexibility index (Phi) is 6.92. The van der Waals surface area contributed by atoms with Crippen molar-refractivity contribution in [2.45, 2.75) is 55.3 Å². The van der Waals surface area contributed by atoms with Gasteiger partial charge in [-0.25, -0.2) is 9.78 Å². The number of benzene rings is 2. The number of likely N-dealkylation sites (tertiary alicyclic amines) is 1. The summed E-state index contributed by atoms with van der Waals surface area (Å²) >= 11 is 3.37. The number of fused-ring (bicyclic) bond motifs is 1. The third-order valence-electron chi connectivity index (χ3n) is 5.63. The molecule has 2 heterocycles. The van der Waals surface area contributed by atoms with Crippen LogP contribution in [0.1, 0.15) is 49.0 Å². The second-order valence-electron chi connectivity index (χ2n) is 7.94. The number of esters is 1. The van der Waals surface area contributed by atoms with Gasteiger partial charge < -0.3 is 9.64 Å². The van der Waals surface area contributed by atoms with Gasteiger partial charge in [-0.2, -0.15) is 0 Å². The summed E-state index contributed by atoms with van der Waals surface area (Å²) < 4.78 is 7.52. The zero-order valence-electron chi connectivity index (χ0n) is 17.7. The van der Waals surface area contributed by atoms with Crippen LogP contribution in [-0.4, -0.2) is 40.5 Å². The Morgan fingerprint density at radius 2 is 1.81 bits per heavy atom. The maximum absolute atomic E-state index is 12.5. The predicted octanol–water partition coefficient (Wildman–Crippen LogP) is 5.53. The minimum atomic E-state index is -0.462. The van der Waals surface area contributed by atoms with E-state index in [9.17, 15) is 9.59 Å². The first kappa shape index (κ1) is 21.8. The van der Waals surface area contributed by atoms with E-state index in [4.69, 9.17) is 4.74 Å². The van der Waals surface area contributed by atoms with E-state index < -0.39 is 5.97 Å². The van der Waals surface area contributed by atoms with Crippen molar-refractivity contribution in [3.05, 3.63) is 59.7 Å². The lowest BCUT2D eigenvalue weighted by atomic mass is 9.97. The van der Waals surface area contributed by atoms with Crippen molar-refractivity contribution in [3.63, 3.8) is 0 Å². The van der Waals surface area contributed by atoms with E-state index >= 15 is 0 Å². The Balaban J connectivity index is 1.29. The SMILES string of the molecule is C[C@@H]1CCC[C@H](C)N1C(=O)COC(=O)c1ccc(CSc2nc3ccccc3s2)cc1. The standard InChI is InChI=1S/C24H26N2O3S2/c1-16-6-5-7-17(2)26(16)22(27)14-29-23(28)19-12-10-18(11-13-19)15-30-24-25-20-8-3-4-9-21(20)31-24/h3-4,8-13,16-17H,5-7,14-15H2,1-2H3/t16-,17+. The van der Waals surface area contributed by atoms with E-state index in [-0.39, 0.29) is 24.6 Å². The van der Waals surface area contributed by atoms with Crippen molar-refractivity contribution >= 4 is 45.2 Å². The Bertz CT molecular complexity index is 1020. The molecule has 3 aromatic rings. The highest BCUT2D eigenvalue weighted by Gasteiger charge is 2.29. The average molecular weight is 455 g/mol. The van der Waals surface area contributed by atoms with Crippen LogP contribution >= 0.6 is 23.1 Å². The van der Waals surface area contributed by atoms with Gasteiger partial charge in [0.05, 0.1) is 15.8 Å². The number of thioether (sulfide) groups is 1. The fourth-order valence-electron chi connectivity index (χ4n) is 3.99. The zero-order valence-corrected chi connectivity index (χ0v) is 19.4. The number of ether oxygens (including phenoxy) is 1. The first-order valence-corrected chi connectivity index (χ1v) is 12.4. The minimum absolute atomic E-state index is 0.114. The number of carbonyl (C=O) groups excluding carboxylic acids is 2. The quantitative estimate of drug-likeness (QED) is 0.362. The molecule has 1 aliphatic rings. The molecule has 1 saturated heterocycles. The molecule has 162 valence electrons. The number of carbonyl (C=O) groups is 2. The van der Waals surface area contributed by atoms with Crippen LogP contribution in [0.2, 0.25) is 0 Å². The molecule has 7 heteroatoms. The van der Waals surface area contributed by atoms with Crippen molar-refractivity contribution in [2.24, 2.45) is 0 Å². The third kappa shape index (κ3) is 5.28. The molecule has 31 heavy (non-hydrogen) atoms. The van der Waals surface area contributed by atoms with Crippen LogP contribution < -0.4 is 0 Å². The molecule has 1 fully saturated rings. The molecule has 1 aliphatic heterocycles. The van der Waals surface area contributed by atoms with Gasteiger partial charge in [-0.05, 0) is 62.9 Å². The van der Waals surface area contributed by atoms with E-state index in [0.29, 0.717) is 5.56 Å². The topological polar surface area (TPSA) is 59.5 Å². The van der Waals surface area contributed by atoms with E-state index in [1.54, 1.807) is 35.2 Å². The van der Waals surface area contributed by atoms with Crippen LogP contribution in [0.15, 0.2) is 52.9 Å². The van der Waals surface area contributed by atoms with Crippen molar-refractivity contribution in [1.82, 2.24) is 9.88 Å². The highest BCUT2D eigenvalue weighted by molar-refractivity contribution is 8.00. The van der Waals surface area contributed by atoms with Gasteiger partial charge in [-0.1, -0.05) is 36.0 Å². The smallest absolute Gasteiger partial charge is 0.338 e. The first-order valence-electron chi connectivity index (χ1n) is 10.6. The van der Waals surface area contributed by atoms with Gasteiger partial charge in [0.2, 0.25) is 0 Å². The molecule has 1 amide bonds. The van der Waals surface area contributed by atoms with Crippen LogP contribution in [0.3, 0.4) is 0 Å². The van der Waals surface area contributed by atoms with E-state index in [1.807, 2.05) is 35.2 Å². The van der Waals surface area contributed by atoms with E-state index in [1.165, 1.54) is 4.70 Å². The number of rotatable bonds is 6. The molecule has 4 rings (SSSR count). The molecule has 0 unspecified atom stereocenters. The summed E-state index contributed by atoms with van der Waals surface area (Å²) in [5.41, 5.74) is 2.59. The van der Waals surface area contributed by atoms with Crippen molar-refractivity contribution in [2.75, 3.05) is 6.61 Å². The van der Waals surface area contributed by atoms with Gasteiger partial charge in [0, 0.05) is 17.8 Å². The average Bonchev–Trinajstić information content (AvgIpc) is 3.19. The number of aromatic nitrogens is 1. The maximum Gasteiger partial charge on any atom is 0.338 e. The second-order valence-corrected chi connectivity index (χ2v) is 10.2. The molecular weight excluding hydrogens is 428 g/mol. The van der Waals surface area contributed by atoms with Gasteiger partial charge >= 0.3 is 5.97 Å². The van der Waals surface area contributed by atoms with Crippen LogP contribution in [-0.2, 0) is 15.3 Å². The summed E-state index contributed by atoms with van der Waals surface area (Å²) in [5.74, 6) is 0.200. The molecule has 0 N–H and O–H groups in total. The molecule has 1 aromatic heterocycles. The number of hydrogen-bond acceptors (Lipinski definition) is 6. The Morgan fingerprint density at radius 3 is 2.52 bits per heavy atom. The molecule has 2 atom stereocenters. The molecule has 0 saturated carbocycles. The fraction of sp³-hybridized carbons (Fsp3) is 0.375. The van der Waals surface area contributed by atoms with Gasteiger partial charge in [-0.3, -0.25) is 4.79 Å². The summed E-state index contributed by atoms with van der Waals surface area (Å²) in [5, 5.41) is 0.